The predicted octanol–water partition coefficient (Wildman–Crippen LogP) is 1.88. The van der Waals surface area contributed by atoms with Gasteiger partial charge in [-0.15, -0.1) is 0 Å². The van der Waals surface area contributed by atoms with E-state index in [0.717, 1.165) is 19.4 Å². The van der Waals surface area contributed by atoms with Crippen LogP contribution in [0.1, 0.15) is 33.6 Å². The standard InChI is InChI=1S/C10H20N2O/c1-5-10(13-11-6-2)7-9(3)12(4)8-10/h6,9H,5,7-8H2,1-4H3/b11-6-. The third kappa shape index (κ3) is 2.21. The van der Waals surface area contributed by atoms with Crippen LogP contribution < -0.4 is 0 Å². The molecule has 2 atom stereocenters. The quantitative estimate of drug-likeness (QED) is 0.494. The highest BCUT2D eigenvalue weighted by atomic mass is 16.6. The fraction of sp³-hybridized carbons (Fsp3) is 0.900. The Hall–Kier alpha value is -0.570. The monoisotopic (exact) mass is 184 g/mol. The Morgan fingerprint density at radius 2 is 2.38 bits per heavy atom. The van der Waals surface area contributed by atoms with Crippen LogP contribution >= 0.6 is 0 Å². The minimum absolute atomic E-state index is 0.0410. The van der Waals surface area contributed by atoms with Crippen molar-refractivity contribution >= 4 is 6.21 Å². The minimum atomic E-state index is -0.0410. The molecule has 0 N–H and O–H groups in total. The van der Waals surface area contributed by atoms with Crippen LogP contribution in [0.2, 0.25) is 0 Å². The van der Waals surface area contributed by atoms with Crippen molar-refractivity contribution in [2.45, 2.75) is 45.3 Å². The predicted molar refractivity (Wildman–Crippen MR) is 55.0 cm³/mol. The van der Waals surface area contributed by atoms with Crippen molar-refractivity contribution in [2.24, 2.45) is 5.16 Å². The summed E-state index contributed by atoms with van der Waals surface area (Å²) in [5, 5.41) is 3.91. The molecule has 1 fully saturated rings. The summed E-state index contributed by atoms with van der Waals surface area (Å²) >= 11 is 0. The van der Waals surface area contributed by atoms with Gasteiger partial charge in [0.2, 0.25) is 0 Å². The Morgan fingerprint density at radius 1 is 1.69 bits per heavy atom. The maximum absolute atomic E-state index is 5.56. The molecule has 0 radical (unpaired) electrons. The average Bonchev–Trinajstić information content (AvgIpc) is 2.40. The SMILES string of the molecule is C/C=N\OC1(CC)CC(C)N(C)C1. The molecule has 0 aliphatic carbocycles. The van der Waals surface area contributed by atoms with Crippen molar-refractivity contribution < 1.29 is 4.84 Å². The minimum Gasteiger partial charge on any atom is -0.388 e. The summed E-state index contributed by atoms with van der Waals surface area (Å²) in [5.41, 5.74) is -0.0410. The number of hydrogen-bond donors (Lipinski definition) is 0. The molecule has 76 valence electrons. The molecule has 0 saturated carbocycles. The zero-order valence-corrected chi connectivity index (χ0v) is 9.08. The highest BCUT2D eigenvalue weighted by Gasteiger charge is 2.41. The number of rotatable bonds is 3. The van der Waals surface area contributed by atoms with E-state index in [0.29, 0.717) is 6.04 Å². The molecule has 1 aliphatic heterocycles. The van der Waals surface area contributed by atoms with Gasteiger partial charge >= 0.3 is 0 Å². The molecule has 0 bridgehead atoms. The van der Waals surface area contributed by atoms with E-state index in [1.165, 1.54) is 0 Å². The molecule has 1 heterocycles. The van der Waals surface area contributed by atoms with E-state index in [9.17, 15) is 0 Å². The van der Waals surface area contributed by atoms with Crippen LogP contribution in [0.3, 0.4) is 0 Å². The smallest absolute Gasteiger partial charge is 0.151 e. The second-order valence-corrected chi connectivity index (χ2v) is 3.96. The lowest BCUT2D eigenvalue weighted by atomic mass is 9.98. The first-order chi connectivity index (χ1) is 6.13. The second-order valence-electron chi connectivity index (χ2n) is 3.96. The molecule has 2 unspecified atom stereocenters. The van der Waals surface area contributed by atoms with Crippen LogP contribution in [-0.2, 0) is 4.84 Å². The van der Waals surface area contributed by atoms with Gasteiger partial charge in [-0.25, -0.2) is 0 Å². The van der Waals surface area contributed by atoms with E-state index in [-0.39, 0.29) is 5.60 Å². The Labute approximate surface area is 80.7 Å². The van der Waals surface area contributed by atoms with Gasteiger partial charge in [-0.2, -0.15) is 0 Å². The number of hydrogen-bond acceptors (Lipinski definition) is 3. The fourth-order valence-corrected chi connectivity index (χ4v) is 1.92. The summed E-state index contributed by atoms with van der Waals surface area (Å²) in [6.07, 6.45) is 3.82. The van der Waals surface area contributed by atoms with Crippen molar-refractivity contribution in [1.29, 1.82) is 0 Å². The van der Waals surface area contributed by atoms with Crippen LogP contribution in [0.5, 0.6) is 0 Å². The molecular formula is C10H20N2O. The lowest BCUT2D eigenvalue weighted by Crippen LogP contribution is -2.33. The zero-order valence-electron chi connectivity index (χ0n) is 9.08. The molecule has 1 rings (SSSR count). The molecule has 0 spiro atoms. The molecule has 0 aromatic carbocycles. The highest BCUT2D eigenvalue weighted by Crippen LogP contribution is 2.32. The van der Waals surface area contributed by atoms with Crippen LogP contribution in [0.15, 0.2) is 5.16 Å². The first kappa shape index (κ1) is 10.5. The molecule has 0 aromatic rings. The average molecular weight is 184 g/mol. The van der Waals surface area contributed by atoms with E-state index in [1.807, 2.05) is 6.92 Å². The first-order valence-electron chi connectivity index (χ1n) is 5.00. The summed E-state index contributed by atoms with van der Waals surface area (Å²) in [5.74, 6) is 0. The lowest BCUT2D eigenvalue weighted by Gasteiger charge is -2.24. The van der Waals surface area contributed by atoms with Gasteiger partial charge in [0.1, 0.15) is 0 Å². The molecule has 0 amide bonds. The largest absolute Gasteiger partial charge is 0.388 e. The van der Waals surface area contributed by atoms with Gasteiger partial charge in [-0.1, -0.05) is 12.1 Å². The molecule has 13 heavy (non-hydrogen) atoms. The topological polar surface area (TPSA) is 24.8 Å². The number of likely N-dealkylation sites (N-methyl/N-ethyl adjacent to an activating group) is 1. The molecule has 1 aliphatic rings. The van der Waals surface area contributed by atoms with E-state index in [4.69, 9.17) is 4.84 Å². The van der Waals surface area contributed by atoms with Gasteiger partial charge in [0.15, 0.2) is 5.60 Å². The summed E-state index contributed by atoms with van der Waals surface area (Å²) < 4.78 is 0. The Morgan fingerprint density at radius 3 is 2.77 bits per heavy atom. The lowest BCUT2D eigenvalue weighted by molar-refractivity contribution is -0.0360. The third-order valence-corrected chi connectivity index (χ3v) is 2.95. The number of oxime groups is 1. The van der Waals surface area contributed by atoms with E-state index in [1.54, 1.807) is 6.21 Å². The van der Waals surface area contributed by atoms with Gasteiger partial charge in [0.05, 0.1) is 0 Å². The molecular weight excluding hydrogens is 164 g/mol. The molecule has 0 aromatic heterocycles. The van der Waals surface area contributed by atoms with Crippen molar-refractivity contribution in [3.8, 4) is 0 Å². The van der Waals surface area contributed by atoms with E-state index in [2.05, 4.69) is 31.0 Å². The molecule has 3 heteroatoms. The van der Waals surface area contributed by atoms with Crippen molar-refractivity contribution in [2.75, 3.05) is 13.6 Å². The van der Waals surface area contributed by atoms with Gasteiger partial charge in [0, 0.05) is 25.2 Å². The summed E-state index contributed by atoms with van der Waals surface area (Å²) in [6.45, 7) is 7.26. The number of nitrogens with zero attached hydrogens (tertiary/aromatic N) is 2. The van der Waals surface area contributed by atoms with Crippen LogP contribution in [0.25, 0.3) is 0 Å². The molecule has 3 nitrogen and oxygen atoms in total. The van der Waals surface area contributed by atoms with Crippen LogP contribution in [-0.4, -0.2) is 36.3 Å². The van der Waals surface area contributed by atoms with E-state index >= 15 is 0 Å². The maximum Gasteiger partial charge on any atom is 0.151 e. The number of likely N-dealkylation sites (tertiary alicyclic amines) is 1. The summed E-state index contributed by atoms with van der Waals surface area (Å²) in [7, 11) is 2.14. The second kappa shape index (κ2) is 4.09. The Bertz CT molecular complexity index is 181. The van der Waals surface area contributed by atoms with Gasteiger partial charge in [0.25, 0.3) is 0 Å². The summed E-state index contributed by atoms with van der Waals surface area (Å²) in [4.78, 5) is 7.89. The maximum atomic E-state index is 5.56. The fourth-order valence-electron chi connectivity index (χ4n) is 1.92. The van der Waals surface area contributed by atoms with E-state index < -0.39 is 0 Å². The highest BCUT2D eigenvalue weighted by molar-refractivity contribution is 5.52. The van der Waals surface area contributed by atoms with Crippen molar-refractivity contribution in [3.63, 3.8) is 0 Å². The Kier molecular flexibility index (Phi) is 3.31. The normalized spacial score (nSPS) is 35.8. The van der Waals surface area contributed by atoms with Crippen LogP contribution in [0.4, 0.5) is 0 Å². The van der Waals surface area contributed by atoms with Crippen molar-refractivity contribution in [1.82, 2.24) is 4.90 Å². The van der Waals surface area contributed by atoms with Gasteiger partial charge in [-0.05, 0) is 27.3 Å². The van der Waals surface area contributed by atoms with Gasteiger partial charge in [-0.3, -0.25) is 4.90 Å². The third-order valence-electron chi connectivity index (χ3n) is 2.95. The molecule has 1 saturated heterocycles. The zero-order chi connectivity index (χ0) is 9.90. The summed E-state index contributed by atoms with van der Waals surface area (Å²) in [6, 6.07) is 0.604. The van der Waals surface area contributed by atoms with Crippen LogP contribution in [0, 0.1) is 0 Å². The Balaban J connectivity index is 2.61. The van der Waals surface area contributed by atoms with Gasteiger partial charge < -0.3 is 4.84 Å². The van der Waals surface area contributed by atoms with Crippen molar-refractivity contribution in [3.05, 3.63) is 0 Å². The first-order valence-corrected chi connectivity index (χ1v) is 5.00.